The van der Waals surface area contributed by atoms with Crippen LogP contribution >= 0.6 is 0 Å². The molecule has 3 aromatic carbocycles. The fourth-order valence-corrected chi connectivity index (χ4v) is 4.10. The molecule has 1 aliphatic heterocycles. The van der Waals surface area contributed by atoms with Crippen LogP contribution in [0.4, 0.5) is 10.1 Å². The molecule has 1 atom stereocenters. The average molecular weight is 427 g/mol. The molecule has 0 spiro atoms. The fourth-order valence-electron chi connectivity index (χ4n) is 4.10. The van der Waals surface area contributed by atoms with E-state index in [0.717, 1.165) is 11.1 Å². The van der Waals surface area contributed by atoms with Crippen molar-refractivity contribution in [3.05, 3.63) is 107 Å². The highest BCUT2D eigenvalue weighted by Gasteiger charge is 2.44. The minimum atomic E-state index is -1.06. The molecule has 0 saturated heterocycles. The Hall–Kier alpha value is -4.26. The molecule has 0 aliphatic carbocycles. The molecular weight excluding hydrogens is 409 g/mol. The van der Waals surface area contributed by atoms with Crippen LogP contribution in [0.25, 0.3) is 11.3 Å². The molecule has 0 saturated carbocycles. The van der Waals surface area contributed by atoms with Crippen molar-refractivity contribution in [2.45, 2.75) is 13.0 Å². The number of carboxylic acids is 1. The molecule has 1 aromatic heterocycles. The Morgan fingerprint density at radius 2 is 1.72 bits per heavy atom. The van der Waals surface area contributed by atoms with E-state index in [1.807, 2.05) is 31.2 Å². The second-order valence-electron chi connectivity index (χ2n) is 7.68. The smallest absolute Gasteiger partial charge is 0.335 e. The average Bonchev–Trinajstić information content (AvgIpc) is 3.34. The zero-order chi connectivity index (χ0) is 22.4. The summed E-state index contributed by atoms with van der Waals surface area (Å²) in [5.74, 6) is -1.87. The van der Waals surface area contributed by atoms with Crippen LogP contribution in [0, 0.1) is 12.7 Å². The van der Waals surface area contributed by atoms with Gasteiger partial charge in [0.25, 0.3) is 5.91 Å². The topological polar surface area (TPSA) is 86.3 Å². The number of carbonyl (C=O) groups excluding carboxylic acids is 1. The van der Waals surface area contributed by atoms with Gasteiger partial charge in [0.1, 0.15) is 11.5 Å². The standard InChI is InChI=1S/C25H18FN3O3/c1-14-6-8-15(9-7-14)21-20-22(28-27-21)24(30)29(17-12-10-16(11-13-17)25(31)32)23(20)18-4-2-3-5-19(18)26/h2-13,23H,1H3,(H,27,28)(H,31,32)/t23-/m0/s1. The highest BCUT2D eigenvalue weighted by molar-refractivity contribution is 6.11. The fraction of sp³-hybridized carbons (Fsp3) is 0.0800. The maximum Gasteiger partial charge on any atom is 0.335 e. The van der Waals surface area contributed by atoms with Crippen LogP contribution in [0.15, 0.2) is 72.8 Å². The predicted molar refractivity (Wildman–Crippen MR) is 117 cm³/mol. The van der Waals surface area contributed by atoms with Gasteiger partial charge in [0.15, 0.2) is 0 Å². The molecule has 2 N–H and O–H groups in total. The van der Waals surface area contributed by atoms with Crippen molar-refractivity contribution in [1.82, 2.24) is 10.2 Å². The molecule has 0 unspecified atom stereocenters. The summed E-state index contributed by atoms with van der Waals surface area (Å²) in [5.41, 5.74) is 4.24. The summed E-state index contributed by atoms with van der Waals surface area (Å²) in [7, 11) is 0. The van der Waals surface area contributed by atoms with Crippen molar-refractivity contribution in [3.63, 3.8) is 0 Å². The first-order valence-corrected chi connectivity index (χ1v) is 10.0. The zero-order valence-corrected chi connectivity index (χ0v) is 17.0. The van der Waals surface area contributed by atoms with E-state index in [1.165, 1.54) is 23.1 Å². The van der Waals surface area contributed by atoms with Crippen LogP contribution in [0.1, 0.15) is 43.6 Å². The Morgan fingerprint density at radius 1 is 1.03 bits per heavy atom. The second kappa shape index (κ2) is 7.46. The zero-order valence-electron chi connectivity index (χ0n) is 17.0. The quantitative estimate of drug-likeness (QED) is 0.481. The maximum atomic E-state index is 15.0. The Labute approximate surface area is 182 Å². The second-order valence-corrected chi connectivity index (χ2v) is 7.68. The van der Waals surface area contributed by atoms with E-state index in [0.29, 0.717) is 22.5 Å². The third-order valence-corrected chi connectivity index (χ3v) is 5.69. The van der Waals surface area contributed by atoms with E-state index in [1.54, 1.807) is 30.3 Å². The number of carbonyl (C=O) groups is 2. The van der Waals surface area contributed by atoms with Crippen LogP contribution < -0.4 is 4.90 Å². The van der Waals surface area contributed by atoms with Gasteiger partial charge in [-0.2, -0.15) is 5.10 Å². The van der Waals surface area contributed by atoms with Gasteiger partial charge in [0.2, 0.25) is 0 Å². The number of hydrogen-bond donors (Lipinski definition) is 2. The van der Waals surface area contributed by atoms with Crippen LogP contribution in [0.2, 0.25) is 0 Å². The van der Waals surface area contributed by atoms with E-state index in [2.05, 4.69) is 10.2 Å². The van der Waals surface area contributed by atoms with Gasteiger partial charge in [-0.3, -0.25) is 14.8 Å². The predicted octanol–water partition coefficient (Wildman–Crippen LogP) is 4.97. The Morgan fingerprint density at radius 3 is 2.38 bits per heavy atom. The molecule has 0 bridgehead atoms. The molecule has 1 amide bonds. The monoisotopic (exact) mass is 427 g/mol. The van der Waals surface area contributed by atoms with Crippen LogP contribution in [-0.2, 0) is 0 Å². The number of anilines is 1. The molecule has 0 fully saturated rings. The molecule has 32 heavy (non-hydrogen) atoms. The summed E-state index contributed by atoms with van der Waals surface area (Å²) in [6.07, 6.45) is 0. The Bertz CT molecular complexity index is 1340. The third kappa shape index (κ3) is 3.06. The van der Waals surface area contributed by atoms with Gasteiger partial charge >= 0.3 is 5.97 Å². The molecule has 6 nitrogen and oxygen atoms in total. The van der Waals surface area contributed by atoms with Gasteiger partial charge in [-0.05, 0) is 37.3 Å². The van der Waals surface area contributed by atoms with Crippen LogP contribution in [-0.4, -0.2) is 27.2 Å². The summed E-state index contributed by atoms with van der Waals surface area (Å²) in [6, 6.07) is 19.3. The number of aromatic carboxylic acids is 1. The molecule has 2 heterocycles. The number of aromatic amines is 1. The molecule has 0 radical (unpaired) electrons. The summed E-state index contributed by atoms with van der Waals surface area (Å²) in [5, 5.41) is 16.4. The lowest BCUT2D eigenvalue weighted by atomic mass is 9.95. The third-order valence-electron chi connectivity index (χ3n) is 5.69. The van der Waals surface area contributed by atoms with Crippen molar-refractivity contribution in [1.29, 1.82) is 0 Å². The Kier molecular flexibility index (Phi) is 4.59. The number of rotatable bonds is 4. The van der Waals surface area contributed by atoms with Gasteiger partial charge in [-0.15, -0.1) is 0 Å². The number of H-pyrrole nitrogens is 1. The van der Waals surface area contributed by atoms with E-state index in [4.69, 9.17) is 0 Å². The molecule has 1 aliphatic rings. The number of benzene rings is 3. The number of nitrogens with zero attached hydrogens (tertiary/aromatic N) is 2. The Balaban J connectivity index is 1.71. The normalized spacial score (nSPS) is 15.1. The van der Waals surface area contributed by atoms with E-state index in [9.17, 15) is 19.1 Å². The first-order valence-electron chi connectivity index (χ1n) is 10.0. The largest absolute Gasteiger partial charge is 0.478 e. The number of hydrogen-bond acceptors (Lipinski definition) is 3. The lowest BCUT2D eigenvalue weighted by molar-refractivity contribution is 0.0696. The van der Waals surface area contributed by atoms with Gasteiger partial charge in [-0.25, -0.2) is 9.18 Å². The SMILES string of the molecule is Cc1ccc(-c2n[nH]c3c2[C@H](c2ccccc2F)N(c2ccc(C(=O)O)cc2)C3=O)cc1. The van der Waals surface area contributed by atoms with E-state index < -0.39 is 17.8 Å². The first-order chi connectivity index (χ1) is 15.5. The summed E-state index contributed by atoms with van der Waals surface area (Å²) in [4.78, 5) is 26.2. The number of aryl methyl sites for hydroxylation is 1. The lowest BCUT2D eigenvalue weighted by Crippen LogP contribution is -2.29. The number of carboxylic acid groups (broad SMARTS) is 1. The first kappa shape index (κ1) is 19.7. The number of nitrogens with one attached hydrogen (secondary N) is 1. The highest BCUT2D eigenvalue weighted by Crippen LogP contribution is 2.45. The molecule has 158 valence electrons. The van der Waals surface area contributed by atoms with Crippen LogP contribution in [0.5, 0.6) is 0 Å². The van der Waals surface area contributed by atoms with Gasteiger partial charge in [0, 0.05) is 22.4 Å². The van der Waals surface area contributed by atoms with Crippen molar-refractivity contribution < 1.29 is 19.1 Å². The van der Waals surface area contributed by atoms with Gasteiger partial charge < -0.3 is 5.11 Å². The number of aromatic nitrogens is 2. The molecular formula is C25H18FN3O3. The lowest BCUT2D eigenvalue weighted by Gasteiger charge is -2.27. The molecule has 5 rings (SSSR count). The van der Waals surface area contributed by atoms with Crippen molar-refractivity contribution in [2.24, 2.45) is 0 Å². The highest BCUT2D eigenvalue weighted by atomic mass is 19.1. The number of halogens is 1. The minimum absolute atomic E-state index is 0.100. The van der Waals surface area contributed by atoms with Crippen molar-refractivity contribution in [3.8, 4) is 11.3 Å². The van der Waals surface area contributed by atoms with E-state index in [-0.39, 0.29) is 17.2 Å². The number of fused-ring (bicyclic) bond motifs is 1. The molecule has 7 heteroatoms. The summed E-state index contributed by atoms with van der Waals surface area (Å²) >= 11 is 0. The summed E-state index contributed by atoms with van der Waals surface area (Å²) < 4.78 is 15.0. The van der Waals surface area contributed by atoms with Crippen molar-refractivity contribution >= 4 is 17.6 Å². The van der Waals surface area contributed by atoms with Gasteiger partial charge in [0.05, 0.1) is 17.3 Å². The minimum Gasteiger partial charge on any atom is -0.478 e. The van der Waals surface area contributed by atoms with Gasteiger partial charge in [-0.1, -0.05) is 48.0 Å². The number of amides is 1. The molecule has 4 aromatic rings. The summed E-state index contributed by atoms with van der Waals surface area (Å²) in [6.45, 7) is 1.98. The van der Waals surface area contributed by atoms with E-state index >= 15 is 0 Å². The van der Waals surface area contributed by atoms with Crippen molar-refractivity contribution in [2.75, 3.05) is 4.90 Å². The maximum absolute atomic E-state index is 15.0. The van der Waals surface area contributed by atoms with Crippen LogP contribution in [0.3, 0.4) is 0 Å².